The van der Waals surface area contributed by atoms with Crippen LogP contribution < -0.4 is 10.5 Å². The van der Waals surface area contributed by atoms with Crippen molar-refractivity contribution >= 4 is 0 Å². The van der Waals surface area contributed by atoms with E-state index >= 15 is 0 Å². The van der Waals surface area contributed by atoms with Gasteiger partial charge in [0.1, 0.15) is 6.33 Å². The van der Waals surface area contributed by atoms with Gasteiger partial charge in [-0.15, -0.1) is 0 Å². The van der Waals surface area contributed by atoms with Crippen LogP contribution in [0.25, 0.3) is 0 Å². The molecule has 2 rings (SSSR count). The average Bonchev–Trinajstić information content (AvgIpc) is 2.42. The Balaban J connectivity index is 2.18. The Hall–Kier alpha value is -2.01. The van der Waals surface area contributed by atoms with Crippen molar-refractivity contribution in [1.29, 1.82) is 0 Å². The van der Waals surface area contributed by atoms with Gasteiger partial charge in [-0.25, -0.2) is 14.4 Å². The maximum atomic E-state index is 13.7. The van der Waals surface area contributed by atoms with Gasteiger partial charge in [0, 0.05) is 18.3 Å². The molecule has 0 amide bonds. The molecule has 0 atom stereocenters. The second-order valence-corrected chi connectivity index (χ2v) is 4.17. The SMILES string of the molecule is CCCc1cc(Oc2ccc(CN)cc2F)ncn1. The molecule has 0 aliphatic rings. The Morgan fingerprint density at radius 3 is 2.79 bits per heavy atom. The van der Waals surface area contributed by atoms with Crippen molar-refractivity contribution in [2.75, 3.05) is 0 Å². The van der Waals surface area contributed by atoms with E-state index in [-0.39, 0.29) is 5.75 Å². The third kappa shape index (κ3) is 3.48. The van der Waals surface area contributed by atoms with Gasteiger partial charge in [-0.1, -0.05) is 19.4 Å². The fourth-order valence-corrected chi connectivity index (χ4v) is 1.69. The number of ether oxygens (including phenoxy) is 1. The number of rotatable bonds is 5. The number of aryl methyl sites for hydroxylation is 1. The zero-order valence-electron chi connectivity index (χ0n) is 10.8. The molecular weight excluding hydrogens is 245 g/mol. The van der Waals surface area contributed by atoms with Crippen LogP contribution in [-0.4, -0.2) is 9.97 Å². The summed E-state index contributed by atoms with van der Waals surface area (Å²) in [6.07, 6.45) is 3.25. The third-order valence-electron chi connectivity index (χ3n) is 2.65. The Morgan fingerprint density at radius 2 is 2.11 bits per heavy atom. The van der Waals surface area contributed by atoms with Gasteiger partial charge in [0.05, 0.1) is 0 Å². The smallest absolute Gasteiger partial charge is 0.222 e. The molecule has 0 saturated heterocycles. The molecule has 0 unspecified atom stereocenters. The lowest BCUT2D eigenvalue weighted by Gasteiger charge is -2.07. The van der Waals surface area contributed by atoms with E-state index in [1.165, 1.54) is 12.4 Å². The number of nitrogens with zero attached hydrogens (tertiary/aromatic N) is 2. The highest BCUT2D eigenvalue weighted by molar-refractivity contribution is 5.32. The summed E-state index contributed by atoms with van der Waals surface area (Å²) >= 11 is 0. The van der Waals surface area contributed by atoms with Gasteiger partial charge in [-0.3, -0.25) is 0 Å². The van der Waals surface area contributed by atoms with Crippen LogP contribution in [0.2, 0.25) is 0 Å². The predicted molar refractivity (Wildman–Crippen MR) is 70.4 cm³/mol. The van der Waals surface area contributed by atoms with E-state index in [1.807, 2.05) is 0 Å². The van der Waals surface area contributed by atoms with Crippen molar-refractivity contribution < 1.29 is 9.13 Å². The zero-order chi connectivity index (χ0) is 13.7. The molecule has 1 aromatic heterocycles. The van der Waals surface area contributed by atoms with Gasteiger partial charge in [-0.05, 0) is 24.1 Å². The first-order chi connectivity index (χ1) is 9.22. The van der Waals surface area contributed by atoms with Crippen LogP contribution in [0.1, 0.15) is 24.6 Å². The highest BCUT2D eigenvalue weighted by atomic mass is 19.1. The number of hydrogen-bond donors (Lipinski definition) is 1. The molecule has 1 aromatic carbocycles. The second-order valence-electron chi connectivity index (χ2n) is 4.17. The summed E-state index contributed by atoms with van der Waals surface area (Å²) in [6, 6.07) is 6.37. The van der Waals surface area contributed by atoms with E-state index in [2.05, 4.69) is 16.9 Å². The molecule has 0 aliphatic carbocycles. The maximum absolute atomic E-state index is 13.7. The molecule has 0 saturated carbocycles. The Morgan fingerprint density at radius 1 is 1.26 bits per heavy atom. The lowest BCUT2D eigenvalue weighted by Crippen LogP contribution is -1.99. The first-order valence-corrected chi connectivity index (χ1v) is 6.20. The van der Waals surface area contributed by atoms with Crippen molar-refractivity contribution in [1.82, 2.24) is 9.97 Å². The van der Waals surface area contributed by atoms with Gasteiger partial charge in [0.25, 0.3) is 0 Å². The monoisotopic (exact) mass is 261 g/mol. The van der Waals surface area contributed by atoms with Gasteiger partial charge >= 0.3 is 0 Å². The van der Waals surface area contributed by atoms with Crippen LogP contribution >= 0.6 is 0 Å². The van der Waals surface area contributed by atoms with Crippen LogP contribution in [0.3, 0.4) is 0 Å². The molecule has 100 valence electrons. The summed E-state index contributed by atoms with van der Waals surface area (Å²) in [7, 11) is 0. The molecular formula is C14H16FN3O. The van der Waals surface area contributed by atoms with E-state index in [4.69, 9.17) is 10.5 Å². The van der Waals surface area contributed by atoms with E-state index in [0.29, 0.717) is 12.4 Å². The fourth-order valence-electron chi connectivity index (χ4n) is 1.69. The molecule has 5 heteroatoms. The first-order valence-electron chi connectivity index (χ1n) is 6.20. The summed E-state index contributed by atoms with van der Waals surface area (Å²) < 4.78 is 19.2. The number of hydrogen-bond acceptors (Lipinski definition) is 4. The van der Waals surface area contributed by atoms with Gasteiger partial charge < -0.3 is 10.5 Å². The van der Waals surface area contributed by atoms with Crippen LogP contribution in [0.15, 0.2) is 30.6 Å². The summed E-state index contributed by atoms with van der Waals surface area (Å²) in [4.78, 5) is 8.10. The van der Waals surface area contributed by atoms with Crippen LogP contribution in [-0.2, 0) is 13.0 Å². The van der Waals surface area contributed by atoms with Crippen molar-refractivity contribution in [2.45, 2.75) is 26.3 Å². The highest BCUT2D eigenvalue weighted by Gasteiger charge is 2.07. The summed E-state index contributed by atoms with van der Waals surface area (Å²) in [5.41, 5.74) is 7.05. The molecule has 1 heterocycles. The molecule has 0 aliphatic heterocycles. The topological polar surface area (TPSA) is 61.0 Å². The highest BCUT2D eigenvalue weighted by Crippen LogP contribution is 2.24. The third-order valence-corrected chi connectivity index (χ3v) is 2.65. The molecule has 2 aromatic rings. The first kappa shape index (κ1) is 13.4. The molecule has 2 N–H and O–H groups in total. The standard InChI is InChI=1S/C14H16FN3O/c1-2-3-11-7-14(18-9-17-11)19-13-5-4-10(8-16)6-12(13)15/h4-7,9H,2-3,8,16H2,1H3. The minimum Gasteiger partial charge on any atom is -0.436 e. The van der Waals surface area contributed by atoms with E-state index in [1.54, 1.807) is 18.2 Å². The number of aromatic nitrogens is 2. The minimum atomic E-state index is -0.446. The molecule has 19 heavy (non-hydrogen) atoms. The Labute approximate surface area is 111 Å². The minimum absolute atomic E-state index is 0.137. The molecule has 0 spiro atoms. The van der Waals surface area contributed by atoms with Crippen LogP contribution in [0.4, 0.5) is 4.39 Å². The molecule has 4 nitrogen and oxygen atoms in total. The summed E-state index contributed by atoms with van der Waals surface area (Å²) in [6.45, 7) is 2.36. The molecule has 0 bridgehead atoms. The summed E-state index contributed by atoms with van der Waals surface area (Å²) in [5, 5.41) is 0. The summed E-state index contributed by atoms with van der Waals surface area (Å²) in [5.74, 6) is 0.0369. The van der Waals surface area contributed by atoms with Crippen molar-refractivity contribution in [2.24, 2.45) is 5.73 Å². The lowest BCUT2D eigenvalue weighted by atomic mass is 10.2. The number of halogens is 1. The second kappa shape index (κ2) is 6.24. The van der Waals surface area contributed by atoms with E-state index < -0.39 is 5.82 Å². The van der Waals surface area contributed by atoms with Crippen LogP contribution in [0, 0.1) is 5.82 Å². The molecule has 0 radical (unpaired) electrons. The zero-order valence-corrected chi connectivity index (χ0v) is 10.8. The number of nitrogens with two attached hydrogens (primary N) is 1. The van der Waals surface area contributed by atoms with Crippen molar-refractivity contribution in [3.05, 3.63) is 47.7 Å². The van der Waals surface area contributed by atoms with Crippen molar-refractivity contribution in [3.63, 3.8) is 0 Å². The number of benzene rings is 1. The average molecular weight is 261 g/mol. The van der Waals surface area contributed by atoms with E-state index in [0.717, 1.165) is 24.1 Å². The van der Waals surface area contributed by atoms with Crippen molar-refractivity contribution in [3.8, 4) is 11.6 Å². The van der Waals surface area contributed by atoms with Gasteiger partial charge in [0.15, 0.2) is 11.6 Å². The quantitative estimate of drug-likeness (QED) is 0.899. The molecule has 0 fully saturated rings. The Bertz CT molecular complexity index is 560. The van der Waals surface area contributed by atoms with Gasteiger partial charge in [0.2, 0.25) is 5.88 Å². The fraction of sp³-hybridized carbons (Fsp3) is 0.286. The normalized spacial score (nSPS) is 10.5. The Kier molecular flexibility index (Phi) is 4.41. The van der Waals surface area contributed by atoms with Gasteiger partial charge in [-0.2, -0.15) is 0 Å². The lowest BCUT2D eigenvalue weighted by molar-refractivity contribution is 0.425. The predicted octanol–water partition coefficient (Wildman–Crippen LogP) is 2.82. The largest absolute Gasteiger partial charge is 0.436 e. The maximum Gasteiger partial charge on any atom is 0.222 e. The van der Waals surface area contributed by atoms with E-state index in [9.17, 15) is 4.39 Å². The van der Waals surface area contributed by atoms with Crippen LogP contribution in [0.5, 0.6) is 11.6 Å².